The van der Waals surface area contributed by atoms with Gasteiger partial charge in [-0.05, 0) is 43.9 Å². The second-order valence-electron chi connectivity index (χ2n) is 7.22. The fourth-order valence-electron chi connectivity index (χ4n) is 3.21. The molecule has 160 valence electrons. The number of carbonyl (C=O) groups is 1. The van der Waals surface area contributed by atoms with E-state index in [1.807, 2.05) is 13.8 Å². The summed E-state index contributed by atoms with van der Waals surface area (Å²) in [6, 6.07) is 4.36. The van der Waals surface area contributed by atoms with E-state index in [9.17, 15) is 13.2 Å². The first-order chi connectivity index (χ1) is 12.7. The van der Waals surface area contributed by atoms with Crippen molar-refractivity contribution in [3.05, 3.63) is 23.8 Å². The van der Waals surface area contributed by atoms with Crippen LogP contribution in [0.3, 0.4) is 0 Å². The summed E-state index contributed by atoms with van der Waals surface area (Å²) in [5.74, 6) is -0.140. The van der Waals surface area contributed by atoms with Crippen molar-refractivity contribution in [1.82, 2.24) is 10.0 Å². The number of nitrogens with one attached hydrogen (secondary N) is 2. The lowest BCUT2D eigenvalue weighted by molar-refractivity contribution is 0.0942. The van der Waals surface area contributed by atoms with Gasteiger partial charge >= 0.3 is 0 Å². The number of carbonyl (C=O) groups excluding carboxylic acids is 1. The SMILES string of the molecule is CCC(N)(CC)CNC(=O)c1ccc(OC)c(S(=O)(=O)NC2CCCC2)c1.Cl. The maximum absolute atomic E-state index is 12.8. The predicted octanol–water partition coefficient (Wildman–Crippen LogP) is 2.59. The fraction of sp³-hybridized carbons (Fsp3) is 0.632. The summed E-state index contributed by atoms with van der Waals surface area (Å²) >= 11 is 0. The summed E-state index contributed by atoms with van der Waals surface area (Å²) in [5, 5.41) is 2.81. The Labute approximate surface area is 174 Å². The summed E-state index contributed by atoms with van der Waals surface area (Å²) < 4.78 is 33.6. The van der Waals surface area contributed by atoms with Crippen LogP contribution < -0.4 is 20.5 Å². The Balaban J connectivity index is 0.00000392. The molecule has 0 saturated heterocycles. The molecule has 0 heterocycles. The van der Waals surface area contributed by atoms with E-state index in [0.29, 0.717) is 6.54 Å². The Morgan fingerprint density at radius 2 is 1.86 bits per heavy atom. The third kappa shape index (κ3) is 6.07. The second-order valence-corrected chi connectivity index (χ2v) is 8.90. The van der Waals surface area contributed by atoms with Gasteiger partial charge in [-0.3, -0.25) is 4.79 Å². The average molecular weight is 434 g/mol. The number of halogens is 1. The van der Waals surface area contributed by atoms with Gasteiger partial charge in [0, 0.05) is 23.7 Å². The largest absolute Gasteiger partial charge is 0.495 e. The van der Waals surface area contributed by atoms with Crippen LogP contribution in [-0.2, 0) is 10.0 Å². The predicted molar refractivity (Wildman–Crippen MR) is 113 cm³/mol. The van der Waals surface area contributed by atoms with Crippen LogP contribution in [0, 0.1) is 0 Å². The van der Waals surface area contributed by atoms with Gasteiger partial charge in [0.1, 0.15) is 10.6 Å². The summed E-state index contributed by atoms with van der Waals surface area (Å²) in [6.45, 7) is 4.28. The van der Waals surface area contributed by atoms with Gasteiger partial charge in [0.25, 0.3) is 5.91 Å². The maximum Gasteiger partial charge on any atom is 0.251 e. The van der Waals surface area contributed by atoms with Crippen molar-refractivity contribution in [1.29, 1.82) is 0 Å². The molecule has 4 N–H and O–H groups in total. The van der Waals surface area contributed by atoms with Crippen molar-refractivity contribution >= 4 is 28.3 Å². The van der Waals surface area contributed by atoms with Gasteiger partial charge < -0.3 is 15.8 Å². The number of ether oxygens (including phenoxy) is 1. The monoisotopic (exact) mass is 433 g/mol. The molecule has 1 aromatic carbocycles. The van der Waals surface area contributed by atoms with Crippen LogP contribution in [-0.4, -0.2) is 39.6 Å². The quantitative estimate of drug-likeness (QED) is 0.554. The lowest BCUT2D eigenvalue weighted by Crippen LogP contribution is -2.49. The Morgan fingerprint density at radius 1 is 1.25 bits per heavy atom. The molecule has 0 unspecified atom stereocenters. The molecule has 9 heteroatoms. The zero-order chi connectivity index (χ0) is 20.1. The van der Waals surface area contributed by atoms with Crippen molar-refractivity contribution < 1.29 is 17.9 Å². The van der Waals surface area contributed by atoms with Crippen LogP contribution in [0.15, 0.2) is 23.1 Å². The minimum atomic E-state index is -3.77. The molecule has 28 heavy (non-hydrogen) atoms. The van der Waals surface area contributed by atoms with Gasteiger partial charge in [-0.2, -0.15) is 0 Å². The highest BCUT2D eigenvalue weighted by atomic mass is 35.5. The molecule has 7 nitrogen and oxygen atoms in total. The van der Waals surface area contributed by atoms with Crippen LogP contribution in [0.2, 0.25) is 0 Å². The summed E-state index contributed by atoms with van der Waals surface area (Å²) in [7, 11) is -2.36. The van der Waals surface area contributed by atoms with E-state index in [4.69, 9.17) is 10.5 Å². The first-order valence-corrected chi connectivity index (χ1v) is 11.0. The Bertz CT molecular complexity index is 760. The lowest BCUT2D eigenvalue weighted by Gasteiger charge is -2.26. The highest BCUT2D eigenvalue weighted by Crippen LogP contribution is 2.27. The van der Waals surface area contributed by atoms with Crippen molar-refractivity contribution in [2.75, 3.05) is 13.7 Å². The van der Waals surface area contributed by atoms with Gasteiger partial charge in [0.15, 0.2) is 0 Å². The summed E-state index contributed by atoms with van der Waals surface area (Å²) in [5.41, 5.74) is 6.01. The molecule has 1 aliphatic carbocycles. The van der Waals surface area contributed by atoms with Crippen molar-refractivity contribution in [3.8, 4) is 5.75 Å². The molecule has 1 saturated carbocycles. The lowest BCUT2D eigenvalue weighted by atomic mass is 9.94. The molecule has 0 aromatic heterocycles. The Morgan fingerprint density at radius 3 is 2.39 bits per heavy atom. The highest BCUT2D eigenvalue weighted by Gasteiger charge is 2.27. The van der Waals surface area contributed by atoms with E-state index >= 15 is 0 Å². The van der Waals surface area contributed by atoms with E-state index in [2.05, 4.69) is 10.0 Å². The van der Waals surface area contributed by atoms with Gasteiger partial charge in [0.2, 0.25) is 10.0 Å². The summed E-state index contributed by atoms with van der Waals surface area (Å²) in [6.07, 6.45) is 5.16. The Hall–Kier alpha value is -1.35. The Kier molecular flexibility index (Phi) is 9.20. The number of hydrogen-bond acceptors (Lipinski definition) is 5. The van der Waals surface area contributed by atoms with Gasteiger partial charge in [-0.15, -0.1) is 12.4 Å². The number of hydrogen-bond donors (Lipinski definition) is 3. The normalized spacial score (nSPS) is 15.1. The fourth-order valence-corrected chi connectivity index (χ4v) is 4.71. The molecule has 1 fully saturated rings. The van der Waals surface area contributed by atoms with E-state index in [1.54, 1.807) is 6.07 Å². The standard InChI is InChI=1S/C19H31N3O4S.ClH/c1-4-19(20,5-2)13-21-18(23)14-10-11-16(26-3)17(12-14)27(24,25)22-15-8-6-7-9-15;/h10-12,15,22H,4-9,13,20H2,1-3H3,(H,21,23);1H. The maximum atomic E-state index is 12.8. The number of methoxy groups -OCH3 is 1. The minimum Gasteiger partial charge on any atom is -0.495 e. The smallest absolute Gasteiger partial charge is 0.251 e. The van der Waals surface area contributed by atoms with Crippen LogP contribution in [0.25, 0.3) is 0 Å². The van der Waals surface area contributed by atoms with Gasteiger partial charge in [-0.1, -0.05) is 26.7 Å². The number of nitrogens with two attached hydrogens (primary N) is 1. The van der Waals surface area contributed by atoms with Crippen LogP contribution in [0.1, 0.15) is 62.7 Å². The molecular weight excluding hydrogens is 402 g/mol. The van der Waals surface area contributed by atoms with Crippen molar-refractivity contribution in [2.45, 2.75) is 68.8 Å². The third-order valence-corrected chi connectivity index (χ3v) is 6.94. The molecule has 1 aliphatic rings. The molecule has 1 amide bonds. The van der Waals surface area contributed by atoms with E-state index < -0.39 is 15.6 Å². The van der Waals surface area contributed by atoms with Crippen LogP contribution >= 0.6 is 12.4 Å². The molecule has 2 rings (SSSR count). The van der Waals surface area contributed by atoms with E-state index in [1.165, 1.54) is 19.2 Å². The zero-order valence-corrected chi connectivity index (χ0v) is 18.4. The zero-order valence-electron chi connectivity index (χ0n) is 16.8. The average Bonchev–Trinajstić information content (AvgIpc) is 3.17. The minimum absolute atomic E-state index is 0. The van der Waals surface area contributed by atoms with Gasteiger partial charge in [0.05, 0.1) is 7.11 Å². The first kappa shape index (κ1) is 24.7. The number of amides is 1. The van der Waals surface area contributed by atoms with E-state index in [0.717, 1.165) is 38.5 Å². The summed E-state index contributed by atoms with van der Waals surface area (Å²) in [4.78, 5) is 12.5. The van der Waals surface area contributed by atoms with Crippen LogP contribution in [0.4, 0.5) is 0 Å². The third-order valence-electron chi connectivity index (χ3n) is 5.40. The van der Waals surface area contributed by atoms with Crippen molar-refractivity contribution in [2.24, 2.45) is 5.73 Å². The first-order valence-electron chi connectivity index (χ1n) is 9.52. The molecule has 0 bridgehead atoms. The highest BCUT2D eigenvalue weighted by molar-refractivity contribution is 7.89. The number of benzene rings is 1. The second kappa shape index (κ2) is 10.4. The number of rotatable bonds is 9. The molecule has 0 radical (unpaired) electrons. The topological polar surface area (TPSA) is 111 Å². The molecule has 1 aromatic rings. The number of sulfonamides is 1. The van der Waals surface area contributed by atoms with E-state index in [-0.39, 0.29) is 40.6 Å². The molecule has 0 atom stereocenters. The van der Waals surface area contributed by atoms with Gasteiger partial charge in [-0.25, -0.2) is 13.1 Å². The molecular formula is C19H32ClN3O4S. The molecule has 0 spiro atoms. The van der Waals surface area contributed by atoms with Crippen molar-refractivity contribution in [3.63, 3.8) is 0 Å². The van der Waals surface area contributed by atoms with Crippen LogP contribution in [0.5, 0.6) is 5.75 Å². The molecule has 0 aliphatic heterocycles.